The highest BCUT2D eigenvalue weighted by Crippen LogP contribution is 2.33. The lowest BCUT2D eigenvalue weighted by molar-refractivity contribution is 0.101. The van der Waals surface area contributed by atoms with E-state index in [9.17, 15) is 18.3 Å². The number of hydrogen-bond acceptors (Lipinski definition) is 7. The molecule has 3 aromatic heterocycles. The molecular weight excluding hydrogens is 1120 g/mol. The molecule has 12 aromatic rings. The van der Waals surface area contributed by atoms with Gasteiger partial charge in [-0.2, -0.15) is 0 Å². The Kier molecular flexibility index (Phi) is 17.3. The summed E-state index contributed by atoms with van der Waals surface area (Å²) in [5, 5.41) is 12.0. The molecule has 0 aliphatic carbocycles. The number of aromatic amines is 3. The van der Waals surface area contributed by atoms with E-state index in [1.165, 1.54) is 0 Å². The Morgan fingerprint density at radius 2 is 0.867 bits per heavy atom. The van der Waals surface area contributed by atoms with E-state index in [1.807, 2.05) is 176 Å². The van der Waals surface area contributed by atoms with Crippen LogP contribution < -0.4 is 4.72 Å². The number of sulfonamides is 1. The van der Waals surface area contributed by atoms with Crippen molar-refractivity contribution in [1.82, 2.24) is 29.9 Å². The fraction of sp³-hybridized carbons (Fsp3) is 0.0588. The summed E-state index contributed by atoms with van der Waals surface area (Å²) < 4.78 is 25.9. The van der Waals surface area contributed by atoms with E-state index in [4.69, 9.17) is 34.8 Å². The van der Waals surface area contributed by atoms with Gasteiger partial charge in [0.25, 0.3) is 0 Å². The molecule has 0 saturated carbocycles. The van der Waals surface area contributed by atoms with Crippen LogP contribution in [0.5, 0.6) is 0 Å². The molecule has 11 nitrogen and oxygen atoms in total. The molecule has 406 valence electrons. The number of aliphatic hydroxyl groups excluding tert-OH is 1. The van der Waals surface area contributed by atoms with Crippen molar-refractivity contribution in [2.24, 2.45) is 0 Å². The van der Waals surface area contributed by atoms with Crippen LogP contribution in [0.1, 0.15) is 70.0 Å². The Bertz CT molecular complexity index is 4740. The monoisotopic (exact) mass is 1160 g/mol. The first kappa shape index (κ1) is 56.6. The molecule has 15 heteroatoms. The maximum Gasteiger partial charge on any atom is 0.229 e. The highest BCUT2D eigenvalue weighted by atomic mass is 35.5. The van der Waals surface area contributed by atoms with Gasteiger partial charge in [0, 0.05) is 42.9 Å². The number of fused-ring (bicyclic) bond motifs is 3. The maximum atomic E-state index is 11.9. The quantitative estimate of drug-likeness (QED) is 0.0781. The lowest BCUT2D eigenvalue weighted by Crippen LogP contribution is -2.10. The molecule has 0 aliphatic rings. The van der Waals surface area contributed by atoms with Crippen molar-refractivity contribution < 1.29 is 18.3 Å². The number of aromatic nitrogens is 6. The number of benzene rings is 9. The minimum atomic E-state index is -3.38. The Morgan fingerprint density at radius 1 is 0.482 bits per heavy atom. The molecule has 9 aromatic carbocycles. The molecule has 5 N–H and O–H groups in total. The first-order valence-electron chi connectivity index (χ1n) is 25.8. The molecule has 0 saturated heterocycles. The van der Waals surface area contributed by atoms with Crippen molar-refractivity contribution in [3.63, 3.8) is 0 Å². The molecule has 0 bridgehead atoms. The lowest BCUT2D eigenvalue weighted by Gasteiger charge is -2.11. The number of H-pyrrole nitrogens is 3. The third-order valence-electron chi connectivity index (χ3n) is 12.8. The first-order chi connectivity index (χ1) is 40.1. The number of imidazole rings is 3. The molecule has 3 heterocycles. The molecule has 0 radical (unpaired) electrons. The minimum absolute atomic E-state index is 0.0448. The number of nitrogens with zero attached hydrogens (tertiary/aromatic N) is 3. The fourth-order valence-electron chi connectivity index (χ4n) is 8.99. The summed E-state index contributed by atoms with van der Waals surface area (Å²) in [7, 11) is -3.38. The van der Waals surface area contributed by atoms with Gasteiger partial charge in [0.1, 0.15) is 0 Å². The first-order valence-corrected chi connectivity index (χ1v) is 28.9. The van der Waals surface area contributed by atoms with E-state index in [2.05, 4.69) is 70.1 Å². The fourth-order valence-corrected chi connectivity index (χ4v) is 10.1. The van der Waals surface area contributed by atoms with Crippen LogP contribution in [-0.4, -0.2) is 55.5 Å². The van der Waals surface area contributed by atoms with Crippen LogP contribution in [0.25, 0.3) is 66.5 Å². The van der Waals surface area contributed by atoms with Gasteiger partial charge in [-0.05, 0) is 162 Å². The highest BCUT2D eigenvalue weighted by Gasteiger charge is 2.14. The van der Waals surface area contributed by atoms with Crippen LogP contribution in [0.4, 0.5) is 5.69 Å². The van der Waals surface area contributed by atoms with Gasteiger partial charge in [0.05, 0.1) is 51.1 Å². The van der Waals surface area contributed by atoms with Gasteiger partial charge in [-0.3, -0.25) is 9.52 Å². The van der Waals surface area contributed by atoms with Crippen molar-refractivity contribution in [2.75, 3.05) is 11.0 Å². The van der Waals surface area contributed by atoms with Crippen molar-refractivity contribution in [1.29, 1.82) is 0 Å². The number of carbonyl (C=O) groups excluding carboxylic acids is 1. The van der Waals surface area contributed by atoms with Crippen LogP contribution in [0.15, 0.2) is 200 Å². The SMILES string of the molecule is CC(=O)c1ccccc1-c1ccc2nc(C#Cc3cccc(Cl)c3)[nH]c2c1.CC(O)c1ccccc1-c1ccc2nc(C#Cc3cccc(Cl)c3)[nH]c2c1.CS(=O)(=O)Nc1ccccc1-c1ccc2nc(C#Cc3cccc(Cl)c3)[nH]c2c1. The second kappa shape index (κ2) is 25.4. The molecule has 1 atom stereocenters. The van der Waals surface area contributed by atoms with Crippen LogP contribution in [0, 0.1) is 35.5 Å². The third-order valence-corrected chi connectivity index (χ3v) is 14.1. The molecule has 0 spiro atoms. The molecule has 0 aliphatic heterocycles. The van der Waals surface area contributed by atoms with Gasteiger partial charge < -0.3 is 20.1 Å². The number of para-hydroxylation sites is 1. The summed E-state index contributed by atoms with van der Waals surface area (Å²) in [5.41, 5.74) is 15.2. The van der Waals surface area contributed by atoms with Crippen LogP contribution >= 0.6 is 34.8 Å². The van der Waals surface area contributed by atoms with Crippen molar-refractivity contribution in [2.45, 2.75) is 20.0 Å². The normalized spacial score (nSPS) is 11.1. The molecule has 0 fully saturated rings. The summed E-state index contributed by atoms with van der Waals surface area (Å²) in [5.74, 6) is 20.0. The second-order valence-corrected chi connectivity index (χ2v) is 22.1. The zero-order valence-electron chi connectivity index (χ0n) is 44.7. The topological polar surface area (TPSA) is 170 Å². The van der Waals surface area contributed by atoms with Gasteiger partial charge in [0.2, 0.25) is 10.0 Å². The van der Waals surface area contributed by atoms with Crippen molar-refractivity contribution >= 4 is 89.4 Å². The average Bonchev–Trinajstić information content (AvgIpc) is 4.45. The van der Waals surface area contributed by atoms with Crippen LogP contribution in [0.3, 0.4) is 0 Å². The highest BCUT2D eigenvalue weighted by molar-refractivity contribution is 7.92. The number of carbonyl (C=O) groups is 1. The summed E-state index contributed by atoms with van der Waals surface area (Å²) in [6.45, 7) is 3.36. The minimum Gasteiger partial charge on any atom is -0.389 e. The lowest BCUT2D eigenvalue weighted by atomic mass is 9.96. The molecule has 12 rings (SSSR count). The number of Topliss-reactive ketones (excluding diaryl/α,β-unsaturated/α-hetero) is 1. The summed E-state index contributed by atoms with van der Waals surface area (Å²) in [6, 6.07) is 62.5. The Labute approximate surface area is 494 Å². The Balaban J connectivity index is 0.000000139. The van der Waals surface area contributed by atoms with Crippen LogP contribution in [-0.2, 0) is 10.0 Å². The van der Waals surface area contributed by atoms with E-state index in [0.29, 0.717) is 43.8 Å². The van der Waals surface area contributed by atoms with Gasteiger partial charge in [-0.1, -0.05) is 156 Å². The van der Waals surface area contributed by atoms with E-state index >= 15 is 0 Å². The predicted octanol–water partition coefficient (Wildman–Crippen LogP) is 15.5. The summed E-state index contributed by atoms with van der Waals surface area (Å²) >= 11 is 18.0. The van der Waals surface area contributed by atoms with E-state index in [-0.39, 0.29) is 5.78 Å². The molecular formula is C68H48Cl3N7O4S. The number of anilines is 1. The van der Waals surface area contributed by atoms with Gasteiger partial charge in [0.15, 0.2) is 23.3 Å². The second-order valence-electron chi connectivity index (χ2n) is 19.0. The number of halogens is 3. The van der Waals surface area contributed by atoms with E-state index < -0.39 is 16.1 Å². The summed E-state index contributed by atoms with van der Waals surface area (Å²) in [4.78, 5) is 35.1. The van der Waals surface area contributed by atoms with Crippen LogP contribution in [0.2, 0.25) is 15.1 Å². The van der Waals surface area contributed by atoms with Crippen molar-refractivity contribution in [3.05, 3.63) is 261 Å². The van der Waals surface area contributed by atoms with Crippen molar-refractivity contribution in [3.8, 4) is 68.9 Å². The van der Waals surface area contributed by atoms with Gasteiger partial charge in [-0.15, -0.1) is 0 Å². The Hall–Kier alpha value is -9.68. The largest absolute Gasteiger partial charge is 0.389 e. The number of hydrogen-bond donors (Lipinski definition) is 5. The summed E-state index contributed by atoms with van der Waals surface area (Å²) in [6.07, 6.45) is 0.602. The predicted molar refractivity (Wildman–Crippen MR) is 336 cm³/mol. The maximum absolute atomic E-state index is 11.9. The molecule has 83 heavy (non-hydrogen) atoms. The van der Waals surface area contributed by atoms with Gasteiger partial charge >= 0.3 is 0 Å². The van der Waals surface area contributed by atoms with Gasteiger partial charge in [-0.25, -0.2) is 23.4 Å². The zero-order valence-corrected chi connectivity index (χ0v) is 47.8. The number of ketones is 1. The molecule has 1 unspecified atom stereocenters. The number of rotatable bonds is 7. The third kappa shape index (κ3) is 14.6. The van der Waals surface area contributed by atoms with E-state index in [0.717, 1.165) is 95.0 Å². The smallest absolute Gasteiger partial charge is 0.229 e. The Morgan fingerprint density at radius 3 is 1.29 bits per heavy atom. The zero-order chi connectivity index (χ0) is 58.0. The standard InChI is InChI=1S/C23H17ClN2O.C23H15ClN2O.C22H16ClN3O2S/c2*1-15(27)19-7-2-3-8-20(19)17-10-11-21-22(14-17)26-23(25-21)12-9-16-5-4-6-18(24)13-16;1-29(27,28)26-19-8-3-2-7-18(19)16-10-11-20-21(14-16)25-22(24-20)12-9-15-5-4-6-17(23)13-15/h2-8,10-11,13-15,27H,1H3,(H,25,26);2-8,10-11,13-14H,1H3,(H,25,26);2-8,10-11,13-14,26H,1H3,(H,24,25). The number of nitrogens with one attached hydrogen (secondary N) is 4. The number of aliphatic hydroxyl groups is 1. The molecule has 0 amide bonds. The van der Waals surface area contributed by atoms with E-state index in [1.54, 1.807) is 38.1 Å². The average molecular weight is 1170 g/mol.